The molecule has 0 fully saturated rings. The van der Waals surface area contributed by atoms with Gasteiger partial charge in [-0.3, -0.25) is 4.98 Å². The fourth-order valence-electron chi connectivity index (χ4n) is 2.14. The quantitative estimate of drug-likeness (QED) is 0.835. The molecule has 0 bridgehead atoms. The van der Waals surface area contributed by atoms with Crippen LogP contribution in [0.1, 0.15) is 12.6 Å². The van der Waals surface area contributed by atoms with Gasteiger partial charge in [-0.15, -0.1) is 0 Å². The number of hydrogen-bond acceptors (Lipinski definition) is 6. The molecule has 0 saturated carbocycles. The molecule has 1 atom stereocenters. The molecule has 6 nitrogen and oxygen atoms in total. The summed E-state index contributed by atoms with van der Waals surface area (Å²) in [6.45, 7) is 3.76. The van der Waals surface area contributed by atoms with Gasteiger partial charge in [0.15, 0.2) is 5.82 Å². The van der Waals surface area contributed by atoms with Crippen molar-refractivity contribution in [1.29, 1.82) is 0 Å². The Morgan fingerprint density at radius 3 is 2.45 bits per heavy atom. The predicted molar refractivity (Wildman–Crippen MR) is 87.6 cm³/mol. The van der Waals surface area contributed by atoms with Crippen LogP contribution >= 0.6 is 0 Å². The SMILES string of the molecule is Cc1cc(N(C)[C@H](C)CS(C)(=O)=O)nc(-c2ccncc2)n1. The molecule has 2 rings (SSSR count). The van der Waals surface area contributed by atoms with Gasteiger partial charge in [-0.1, -0.05) is 0 Å². The summed E-state index contributed by atoms with van der Waals surface area (Å²) in [5, 5.41) is 0. The summed E-state index contributed by atoms with van der Waals surface area (Å²) in [6, 6.07) is 5.37. The lowest BCUT2D eigenvalue weighted by Gasteiger charge is -2.25. The van der Waals surface area contributed by atoms with Crippen molar-refractivity contribution in [2.75, 3.05) is 24.0 Å². The first-order valence-electron chi connectivity index (χ1n) is 6.93. The van der Waals surface area contributed by atoms with Gasteiger partial charge in [-0.05, 0) is 26.0 Å². The molecule has 2 aromatic rings. The van der Waals surface area contributed by atoms with Crippen LogP contribution in [-0.4, -0.2) is 48.5 Å². The van der Waals surface area contributed by atoms with Crippen LogP contribution in [0, 0.1) is 6.92 Å². The monoisotopic (exact) mass is 320 g/mol. The summed E-state index contributed by atoms with van der Waals surface area (Å²) < 4.78 is 22.9. The average Bonchev–Trinajstić information content (AvgIpc) is 2.45. The molecule has 0 amide bonds. The zero-order valence-electron chi connectivity index (χ0n) is 13.2. The predicted octanol–water partition coefficient (Wildman–Crippen LogP) is 1.72. The molecule has 0 aliphatic carbocycles. The maximum Gasteiger partial charge on any atom is 0.161 e. The van der Waals surface area contributed by atoms with Gasteiger partial charge in [0.05, 0.1) is 5.75 Å². The Bertz CT molecular complexity index is 747. The van der Waals surface area contributed by atoms with Crippen LogP contribution in [0.15, 0.2) is 30.6 Å². The Balaban J connectivity index is 2.34. The third kappa shape index (κ3) is 4.24. The maximum atomic E-state index is 11.5. The van der Waals surface area contributed by atoms with Crippen molar-refractivity contribution in [2.24, 2.45) is 0 Å². The molecular formula is C15H20N4O2S. The minimum atomic E-state index is -3.04. The third-order valence-electron chi connectivity index (χ3n) is 3.35. The van der Waals surface area contributed by atoms with E-state index in [0.717, 1.165) is 11.3 Å². The summed E-state index contributed by atoms with van der Waals surface area (Å²) in [7, 11) is -1.20. The third-order valence-corrected chi connectivity index (χ3v) is 4.43. The Labute approximate surface area is 131 Å². The zero-order chi connectivity index (χ0) is 16.3. The van der Waals surface area contributed by atoms with Crippen molar-refractivity contribution in [3.05, 3.63) is 36.3 Å². The minimum absolute atomic E-state index is 0.0805. The fourth-order valence-corrected chi connectivity index (χ4v) is 3.24. The van der Waals surface area contributed by atoms with E-state index in [0.29, 0.717) is 11.6 Å². The van der Waals surface area contributed by atoms with Gasteiger partial charge in [0.1, 0.15) is 15.7 Å². The highest BCUT2D eigenvalue weighted by atomic mass is 32.2. The molecule has 2 heterocycles. The number of pyridine rings is 1. The van der Waals surface area contributed by atoms with Gasteiger partial charge in [0.25, 0.3) is 0 Å². The standard InChI is InChI=1S/C15H20N4O2S/c1-11-9-14(19(3)12(2)10-22(4,20)21)18-15(17-11)13-5-7-16-8-6-13/h5-9,12H,10H2,1-4H3/t12-/m1/s1. The van der Waals surface area contributed by atoms with E-state index in [1.807, 2.05) is 44.0 Å². The van der Waals surface area contributed by atoms with Crippen molar-refractivity contribution in [1.82, 2.24) is 15.0 Å². The number of anilines is 1. The summed E-state index contributed by atoms with van der Waals surface area (Å²) >= 11 is 0. The van der Waals surface area contributed by atoms with E-state index in [9.17, 15) is 8.42 Å². The highest BCUT2D eigenvalue weighted by Gasteiger charge is 2.18. The zero-order valence-corrected chi connectivity index (χ0v) is 14.0. The summed E-state index contributed by atoms with van der Waals surface area (Å²) in [5.41, 5.74) is 1.71. The van der Waals surface area contributed by atoms with Crippen LogP contribution in [0.5, 0.6) is 0 Å². The first-order valence-corrected chi connectivity index (χ1v) is 8.99. The lowest BCUT2D eigenvalue weighted by atomic mass is 10.2. The molecule has 7 heteroatoms. The average molecular weight is 320 g/mol. The molecule has 118 valence electrons. The van der Waals surface area contributed by atoms with Gasteiger partial charge in [-0.2, -0.15) is 0 Å². The molecule has 2 aromatic heterocycles. The topological polar surface area (TPSA) is 76.1 Å². The van der Waals surface area contributed by atoms with Crippen LogP contribution in [0.2, 0.25) is 0 Å². The van der Waals surface area contributed by atoms with Gasteiger partial charge < -0.3 is 4.90 Å². The number of nitrogens with zero attached hydrogens (tertiary/aromatic N) is 4. The molecule has 0 unspecified atom stereocenters. The lowest BCUT2D eigenvalue weighted by Crippen LogP contribution is -2.35. The molecule has 22 heavy (non-hydrogen) atoms. The second-order valence-corrected chi connectivity index (χ2v) is 7.66. The Kier molecular flexibility index (Phi) is 4.75. The van der Waals surface area contributed by atoms with E-state index in [1.165, 1.54) is 6.26 Å². The second-order valence-electron chi connectivity index (χ2n) is 5.48. The van der Waals surface area contributed by atoms with Crippen LogP contribution in [0.3, 0.4) is 0 Å². The Morgan fingerprint density at radius 1 is 1.23 bits per heavy atom. The molecule has 0 aliphatic heterocycles. The fraction of sp³-hybridized carbons (Fsp3) is 0.400. The molecule has 0 radical (unpaired) electrons. The van der Waals surface area contributed by atoms with E-state index in [1.54, 1.807) is 12.4 Å². The maximum absolute atomic E-state index is 11.5. The number of rotatable bonds is 5. The first kappa shape index (κ1) is 16.4. The summed E-state index contributed by atoms with van der Waals surface area (Å²) in [6.07, 6.45) is 4.62. The Morgan fingerprint density at radius 2 is 1.86 bits per heavy atom. The number of aryl methyl sites for hydroxylation is 1. The molecule has 0 aromatic carbocycles. The van der Waals surface area contributed by atoms with Crippen molar-refractivity contribution in [3.63, 3.8) is 0 Å². The highest BCUT2D eigenvalue weighted by Crippen LogP contribution is 2.20. The van der Waals surface area contributed by atoms with Crippen molar-refractivity contribution in [2.45, 2.75) is 19.9 Å². The minimum Gasteiger partial charge on any atom is -0.356 e. The van der Waals surface area contributed by atoms with Gasteiger partial charge in [0, 0.05) is 49.1 Å². The van der Waals surface area contributed by atoms with E-state index >= 15 is 0 Å². The normalized spacial score (nSPS) is 12.9. The van der Waals surface area contributed by atoms with Crippen LogP contribution < -0.4 is 4.90 Å². The summed E-state index contributed by atoms with van der Waals surface area (Å²) in [4.78, 5) is 14.8. The first-order chi connectivity index (χ1) is 10.3. The number of sulfone groups is 1. The Hall–Kier alpha value is -2.02. The van der Waals surface area contributed by atoms with Gasteiger partial charge in [0.2, 0.25) is 0 Å². The molecule has 0 N–H and O–H groups in total. The van der Waals surface area contributed by atoms with Crippen molar-refractivity contribution in [3.8, 4) is 11.4 Å². The molecule has 0 aliphatic rings. The summed E-state index contributed by atoms with van der Waals surface area (Å²) in [5.74, 6) is 1.39. The van der Waals surface area contributed by atoms with Crippen LogP contribution in [0.25, 0.3) is 11.4 Å². The van der Waals surface area contributed by atoms with Crippen molar-refractivity contribution < 1.29 is 8.42 Å². The van der Waals surface area contributed by atoms with E-state index < -0.39 is 9.84 Å². The molecular weight excluding hydrogens is 300 g/mol. The van der Waals surface area contributed by atoms with E-state index in [2.05, 4.69) is 15.0 Å². The van der Waals surface area contributed by atoms with Crippen LogP contribution in [-0.2, 0) is 9.84 Å². The number of aromatic nitrogens is 3. The smallest absolute Gasteiger partial charge is 0.161 e. The van der Waals surface area contributed by atoms with E-state index in [4.69, 9.17) is 0 Å². The number of hydrogen-bond donors (Lipinski definition) is 0. The van der Waals surface area contributed by atoms with Gasteiger partial charge >= 0.3 is 0 Å². The van der Waals surface area contributed by atoms with Gasteiger partial charge in [-0.25, -0.2) is 18.4 Å². The van der Waals surface area contributed by atoms with Crippen LogP contribution in [0.4, 0.5) is 5.82 Å². The highest BCUT2D eigenvalue weighted by molar-refractivity contribution is 7.90. The van der Waals surface area contributed by atoms with Crippen molar-refractivity contribution >= 4 is 15.7 Å². The molecule has 0 saturated heterocycles. The van der Waals surface area contributed by atoms with E-state index in [-0.39, 0.29) is 11.8 Å². The molecule has 0 spiro atoms. The second kappa shape index (κ2) is 6.39. The largest absolute Gasteiger partial charge is 0.356 e. The lowest BCUT2D eigenvalue weighted by molar-refractivity contribution is 0.592.